The number of benzene rings is 2. The standard InChI is InChI=1S/C25H30N2S/c1-18-8-10-19(11-9-18)24(27(2)3)13-15-25(16-14-24)23-21(12-17-28-25)20-6-4-5-7-22(20)26-23/h4-11,26H,12-17H2,1-3H3. The summed E-state index contributed by atoms with van der Waals surface area (Å²) in [7, 11) is 4.53. The number of hydrogen-bond donors (Lipinski definition) is 1. The molecule has 28 heavy (non-hydrogen) atoms. The normalized spacial score (nSPS) is 27.4. The number of para-hydroxylation sites is 1. The van der Waals surface area contributed by atoms with Crippen molar-refractivity contribution >= 4 is 22.7 Å². The summed E-state index contributed by atoms with van der Waals surface area (Å²) in [6, 6.07) is 18.1. The molecule has 0 bridgehead atoms. The fourth-order valence-corrected chi connectivity index (χ4v) is 7.10. The summed E-state index contributed by atoms with van der Waals surface area (Å²) in [5.41, 5.74) is 7.41. The number of rotatable bonds is 2. The van der Waals surface area contributed by atoms with Gasteiger partial charge >= 0.3 is 0 Å². The van der Waals surface area contributed by atoms with Crippen LogP contribution in [-0.2, 0) is 16.7 Å². The first kappa shape index (κ1) is 18.3. The van der Waals surface area contributed by atoms with Crippen LogP contribution >= 0.6 is 11.8 Å². The summed E-state index contributed by atoms with van der Waals surface area (Å²) in [5.74, 6) is 1.24. The van der Waals surface area contributed by atoms with Crippen molar-refractivity contribution in [1.82, 2.24) is 9.88 Å². The molecule has 146 valence electrons. The van der Waals surface area contributed by atoms with Crippen LogP contribution in [0.5, 0.6) is 0 Å². The quantitative estimate of drug-likeness (QED) is 0.579. The highest BCUT2D eigenvalue weighted by Crippen LogP contribution is 2.57. The molecule has 0 unspecified atom stereocenters. The third kappa shape index (κ3) is 2.67. The molecule has 0 atom stereocenters. The topological polar surface area (TPSA) is 19.0 Å². The van der Waals surface area contributed by atoms with Crippen molar-refractivity contribution in [2.45, 2.75) is 49.3 Å². The Kier molecular flexibility index (Phi) is 4.37. The largest absolute Gasteiger partial charge is 0.357 e. The van der Waals surface area contributed by atoms with E-state index in [2.05, 4.69) is 91.2 Å². The Balaban J connectivity index is 1.52. The Morgan fingerprint density at radius 1 is 0.929 bits per heavy atom. The number of nitrogens with zero attached hydrogens (tertiary/aromatic N) is 1. The highest BCUT2D eigenvalue weighted by atomic mass is 32.2. The van der Waals surface area contributed by atoms with Crippen LogP contribution in [0.1, 0.15) is 48.1 Å². The molecule has 1 N–H and O–H groups in total. The molecule has 0 amide bonds. The highest BCUT2D eigenvalue weighted by Gasteiger charge is 2.48. The number of nitrogens with one attached hydrogen (secondary N) is 1. The second-order valence-electron chi connectivity index (χ2n) is 8.91. The van der Waals surface area contributed by atoms with E-state index >= 15 is 0 Å². The summed E-state index contributed by atoms with van der Waals surface area (Å²) < 4.78 is 0.261. The zero-order chi connectivity index (χ0) is 19.4. The Labute approximate surface area is 172 Å². The molecule has 1 aliphatic carbocycles. The number of H-pyrrole nitrogens is 1. The van der Waals surface area contributed by atoms with Gasteiger partial charge in [-0.15, -0.1) is 11.8 Å². The minimum Gasteiger partial charge on any atom is -0.357 e. The van der Waals surface area contributed by atoms with E-state index in [0.717, 1.165) is 0 Å². The molecule has 1 aliphatic heterocycles. The van der Waals surface area contributed by atoms with Gasteiger partial charge in [-0.1, -0.05) is 48.0 Å². The van der Waals surface area contributed by atoms with E-state index in [1.165, 1.54) is 65.6 Å². The van der Waals surface area contributed by atoms with Gasteiger partial charge < -0.3 is 4.98 Å². The Morgan fingerprint density at radius 2 is 1.64 bits per heavy atom. The molecule has 3 heteroatoms. The van der Waals surface area contributed by atoms with Crippen molar-refractivity contribution in [1.29, 1.82) is 0 Å². The molecule has 1 saturated carbocycles. The van der Waals surface area contributed by atoms with Crippen LogP contribution in [0, 0.1) is 6.92 Å². The highest BCUT2D eigenvalue weighted by molar-refractivity contribution is 8.00. The average molecular weight is 391 g/mol. The summed E-state index contributed by atoms with van der Waals surface area (Å²) in [6.45, 7) is 2.18. The number of aryl methyl sites for hydroxylation is 2. The molecule has 2 heterocycles. The van der Waals surface area contributed by atoms with Crippen LogP contribution in [0.3, 0.4) is 0 Å². The minimum atomic E-state index is 0.156. The third-order valence-corrected chi connectivity index (χ3v) is 8.90. The zero-order valence-corrected chi connectivity index (χ0v) is 18.0. The summed E-state index contributed by atoms with van der Waals surface area (Å²) >= 11 is 2.20. The lowest BCUT2D eigenvalue weighted by molar-refractivity contribution is 0.0839. The second-order valence-corrected chi connectivity index (χ2v) is 10.4. The number of thioether (sulfide) groups is 1. The molecule has 1 aromatic heterocycles. The molecular formula is C25H30N2S. The fourth-order valence-electron chi connectivity index (χ4n) is 5.59. The first-order valence-corrected chi connectivity index (χ1v) is 11.5. The van der Waals surface area contributed by atoms with Crippen molar-refractivity contribution < 1.29 is 0 Å². The molecule has 0 saturated heterocycles. The lowest BCUT2D eigenvalue weighted by Gasteiger charge is -2.50. The Bertz CT molecular complexity index is 991. The minimum absolute atomic E-state index is 0.156. The second kappa shape index (κ2) is 6.67. The van der Waals surface area contributed by atoms with Crippen LogP contribution < -0.4 is 0 Å². The van der Waals surface area contributed by atoms with Gasteiger partial charge in [-0.2, -0.15) is 0 Å². The van der Waals surface area contributed by atoms with Gasteiger partial charge in [-0.25, -0.2) is 0 Å². The maximum Gasteiger partial charge on any atom is 0.0563 e. The summed E-state index contributed by atoms with van der Waals surface area (Å²) in [6.07, 6.45) is 6.10. The van der Waals surface area contributed by atoms with Crippen LogP contribution in [0.25, 0.3) is 10.9 Å². The molecule has 1 spiro atoms. The van der Waals surface area contributed by atoms with Gasteiger partial charge in [0, 0.05) is 22.1 Å². The van der Waals surface area contributed by atoms with Gasteiger partial charge in [-0.05, 0) is 76.1 Å². The zero-order valence-electron chi connectivity index (χ0n) is 17.2. The first-order chi connectivity index (χ1) is 13.5. The van der Waals surface area contributed by atoms with Crippen LogP contribution in [0.4, 0.5) is 0 Å². The van der Waals surface area contributed by atoms with Crippen LogP contribution in [0.2, 0.25) is 0 Å². The maximum absolute atomic E-state index is 3.85. The smallest absolute Gasteiger partial charge is 0.0563 e. The predicted molar refractivity (Wildman–Crippen MR) is 121 cm³/mol. The molecule has 2 nitrogen and oxygen atoms in total. The van der Waals surface area contributed by atoms with Gasteiger partial charge in [0.05, 0.1) is 4.75 Å². The monoisotopic (exact) mass is 390 g/mol. The number of aromatic nitrogens is 1. The third-order valence-electron chi connectivity index (χ3n) is 7.33. The van der Waals surface area contributed by atoms with E-state index in [-0.39, 0.29) is 10.3 Å². The van der Waals surface area contributed by atoms with Crippen LogP contribution in [0.15, 0.2) is 48.5 Å². The van der Waals surface area contributed by atoms with Gasteiger partial charge in [0.25, 0.3) is 0 Å². The molecule has 1 fully saturated rings. The number of hydrogen-bond acceptors (Lipinski definition) is 2. The summed E-state index contributed by atoms with van der Waals surface area (Å²) in [5, 5.41) is 1.44. The van der Waals surface area contributed by atoms with Gasteiger partial charge in [0.15, 0.2) is 0 Å². The van der Waals surface area contributed by atoms with E-state index in [1.54, 1.807) is 5.56 Å². The predicted octanol–water partition coefficient (Wildman–Crippen LogP) is 5.99. The van der Waals surface area contributed by atoms with Gasteiger partial charge in [0.2, 0.25) is 0 Å². The first-order valence-electron chi connectivity index (χ1n) is 10.5. The van der Waals surface area contributed by atoms with E-state index in [1.807, 2.05) is 0 Å². The average Bonchev–Trinajstić information content (AvgIpc) is 3.10. The Hall–Kier alpha value is -1.71. The fraction of sp³-hybridized carbons (Fsp3) is 0.440. The maximum atomic E-state index is 3.85. The van der Waals surface area contributed by atoms with E-state index in [0.29, 0.717) is 0 Å². The SMILES string of the molecule is Cc1ccc(C2(N(C)C)CCC3(CC2)SCCc2c3[nH]c3ccccc23)cc1. The van der Waals surface area contributed by atoms with Crippen LogP contribution in [-0.4, -0.2) is 29.7 Å². The number of aromatic amines is 1. The molecule has 2 aromatic carbocycles. The van der Waals surface area contributed by atoms with Gasteiger partial charge in [-0.3, -0.25) is 4.90 Å². The van der Waals surface area contributed by atoms with Crippen molar-refractivity contribution in [3.8, 4) is 0 Å². The molecule has 0 radical (unpaired) electrons. The summed E-state index contributed by atoms with van der Waals surface area (Å²) in [4.78, 5) is 6.32. The molecule has 5 rings (SSSR count). The molecule has 3 aromatic rings. The lowest BCUT2D eigenvalue weighted by atomic mass is 9.70. The van der Waals surface area contributed by atoms with E-state index < -0.39 is 0 Å². The van der Waals surface area contributed by atoms with Crippen molar-refractivity contribution in [2.24, 2.45) is 0 Å². The van der Waals surface area contributed by atoms with Gasteiger partial charge in [0.1, 0.15) is 0 Å². The molecule has 2 aliphatic rings. The van der Waals surface area contributed by atoms with Crippen molar-refractivity contribution in [3.05, 3.63) is 70.9 Å². The Morgan fingerprint density at radius 3 is 2.36 bits per heavy atom. The van der Waals surface area contributed by atoms with E-state index in [4.69, 9.17) is 0 Å². The van der Waals surface area contributed by atoms with Crippen molar-refractivity contribution in [3.63, 3.8) is 0 Å². The van der Waals surface area contributed by atoms with Crippen molar-refractivity contribution in [2.75, 3.05) is 19.8 Å². The number of fused-ring (bicyclic) bond motifs is 4. The van der Waals surface area contributed by atoms with E-state index in [9.17, 15) is 0 Å². The lowest BCUT2D eigenvalue weighted by Crippen LogP contribution is -2.48. The molecular weight excluding hydrogens is 360 g/mol.